The maximum Gasteiger partial charge on any atom is 0.331 e. The van der Waals surface area contributed by atoms with E-state index >= 15 is 0 Å². The van der Waals surface area contributed by atoms with Gasteiger partial charge < -0.3 is 10.1 Å². The molecule has 1 N–H and O–H groups in total. The normalized spacial score (nSPS) is 9.68. The molecule has 0 heterocycles. The lowest BCUT2D eigenvalue weighted by atomic mass is 10.1. The van der Waals surface area contributed by atoms with E-state index in [1.165, 1.54) is 6.08 Å². The minimum atomic E-state index is -0.503. The lowest BCUT2D eigenvalue weighted by molar-refractivity contribution is -0.142. The molecule has 1 aromatic carbocycles. The van der Waals surface area contributed by atoms with E-state index in [-0.39, 0.29) is 12.5 Å². The van der Waals surface area contributed by atoms with Gasteiger partial charge in [0.25, 0.3) is 5.91 Å². The second-order valence-corrected chi connectivity index (χ2v) is 4.64. The maximum absolute atomic E-state index is 11.7. The van der Waals surface area contributed by atoms with Crippen LogP contribution in [0.4, 0.5) is 5.69 Å². The fraction of sp³-hybridized carbons (Fsp3) is 0.333. The molecule has 1 amide bonds. The van der Waals surface area contributed by atoms with Crippen LogP contribution in [0.15, 0.2) is 29.8 Å². The number of carbonyl (C=O) groups is 2. The van der Waals surface area contributed by atoms with Crippen molar-refractivity contribution in [2.75, 3.05) is 11.9 Å². The Morgan fingerprint density at radius 1 is 1.21 bits per heavy atom. The lowest BCUT2D eigenvalue weighted by Gasteiger charge is -2.11. The van der Waals surface area contributed by atoms with Gasteiger partial charge in [0.15, 0.2) is 6.61 Å². The van der Waals surface area contributed by atoms with E-state index in [0.29, 0.717) is 0 Å². The minimum Gasteiger partial charge on any atom is -0.452 e. The van der Waals surface area contributed by atoms with Crippen LogP contribution in [0.3, 0.4) is 0 Å². The average molecular weight is 261 g/mol. The van der Waals surface area contributed by atoms with E-state index in [1.54, 1.807) is 13.8 Å². The third-order valence-electron chi connectivity index (χ3n) is 2.50. The first-order valence-corrected chi connectivity index (χ1v) is 6.08. The summed E-state index contributed by atoms with van der Waals surface area (Å²) in [6, 6.07) is 5.75. The van der Waals surface area contributed by atoms with Crippen molar-refractivity contribution < 1.29 is 14.3 Å². The van der Waals surface area contributed by atoms with Crippen molar-refractivity contribution in [1.82, 2.24) is 0 Å². The SMILES string of the molecule is CC(C)=CC(=O)OCC(=O)Nc1c(C)cccc1C. The molecule has 0 spiro atoms. The first kappa shape index (κ1) is 15.0. The Bertz CT molecular complexity index is 494. The maximum atomic E-state index is 11.7. The Labute approximate surface area is 113 Å². The van der Waals surface area contributed by atoms with Crippen LogP contribution in [0.25, 0.3) is 0 Å². The summed E-state index contributed by atoms with van der Waals surface area (Å²) in [5, 5.41) is 2.75. The van der Waals surface area contributed by atoms with Crippen molar-refractivity contribution in [3.63, 3.8) is 0 Å². The molecule has 0 aliphatic heterocycles. The van der Waals surface area contributed by atoms with Gasteiger partial charge in [-0.1, -0.05) is 23.8 Å². The third-order valence-corrected chi connectivity index (χ3v) is 2.50. The number of rotatable bonds is 4. The summed E-state index contributed by atoms with van der Waals surface area (Å²) in [5.74, 6) is -0.843. The summed E-state index contributed by atoms with van der Waals surface area (Å²) in [5.41, 5.74) is 3.55. The number of amides is 1. The number of hydrogen-bond acceptors (Lipinski definition) is 3. The molecule has 0 atom stereocenters. The molecule has 4 nitrogen and oxygen atoms in total. The quantitative estimate of drug-likeness (QED) is 0.669. The topological polar surface area (TPSA) is 55.4 Å². The van der Waals surface area contributed by atoms with Crippen LogP contribution in [-0.2, 0) is 14.3 Å². The largest absolute Gasteiger partial charge is 0.452 e. The molecule has 0 aliphatic carbocycles. The number of esters is 1. The Morgan fingerprint density at radius 3 is 2.32 bits per heavy atom. The van der Waals surface area contributed by atoms with Gasteiger partial charge in [0, 0.05) is 11.8 Å². The van der Waals surface area contributed by atoms with Crippen molar-refractivity contribution in [1.29, 1.82) is 0 Å². The van der Waals surface area contributed by atoms with E-state index in [4.69, 9.17) is 4.74 Å². The molecule has 102 valence electrons. The molecular weight excluding hydrogens is 242 g/mol. The van der Waals surface area contributed by atoms with E-state index in [2.05, 4.69) is 5.32 Å². The molecule has 19 heavy (non-hydrogen) atoms. The molecule has 4 heteroatoms. The van der Waals surface area contributed by atoms with Crippen LogP contribution in [-0.4, -0.2) is 18.5 Å². The molecule has 0 fully saturated rings. The number of carbonyl (C=O) groups excluding carboxylic acids is 2. The zero-order valence-corrected chi connectivity index (χ0v) is 11.7. The smallest absolute Gasteiger partial charge is 0.331 e. The fourth-order valence-corrected chi connectivity index (χ4v) is 1.60. The first-order chi connectivity index (χ1) is 8.90. The molecule has 1 aromatic rings. The zero-order chi connectivity index (χ0) is 14.4. The van der Waals surface area contributed by atoms with E-state index < -0.39 is 5.97 Å². The Hall–Kier alpha value is -2.10. The summed E-state index contributed by atoms with van der Waals surface area (Å²) in [4.78, 5) is 23.0. The number of benzene rings is 1. The van der Waals surface area contributed by atoms with Crippen molar-refractivity contribution in [3.8, 4) is 0 Å². The fourth-order valence-electron chi connectivity index (χ4n) is 1.60. The number of allylic oxidation sites excluding steroid dienone is 1. The highest BCUT2D eigenvalue weighted by molar-refractivity contribution is 5.95. The lowest BCUT2D eigenvalue weighted by Crippen LogP contribution is -2.21. The van der Waals surface area contributed by atoms with Crippen LogP contribution in [0.5, 0.6) is 0 Å². The van der Waals surface area contributed by atoms with Crippen molar-refractivity contribution >= 4 is 17.6 Å². The monoisotopic (exact) mass is 261 g/mol. The number of anilines is 1. The second-order valence-electron chi connectivity index (χ2n) is 4.64. The second kappa shape index (κ2) is 6.73. The molecule has 1 rings (SSSR count). The van der Waals surface area contributed by atoms with Gasteiger partial charge in [-0.05, 0) is 38.8 Å². The highest BCUT2D eigenvalue weighted by Crippen LogP contribution is 2.19. The average Bonchev–Trinajstić information content (AvgIpc) is 2.30. The van der Waals surface area contributed by atoms with E-state index in [1.807, 2.05) is 32.0 Å². The van der Waals surface area contributed by atoms with Gasteiger partial charge in [0.05, 0.1) is 0 Å². The zero-order valence-electron chi connectivity index (χ0n) is 11.7. The highest BCUT2D eigenvalue weighted by Gasteiger charge is 2.09. The Kier molecular flexibility index (Phi) is 5.30. The van der Waals surface area contributed by atoms with Crippen LogP contribution in [0.1, 0.15) is 25.0 Å². The molecule has 0 bridgehead atoms. The van der Waals surface area contributed by atoms with E-state index in [0.717, 1.165) is 22.4 Å². The van der Waals surface area contributed by atoms with Crippen molar-refractivity contribution in [3.05, 3.63) is 41.0 Å². The molecular formula is C15H19NO3. The van der Waals surface area contributed by atoms with Gasteiger partial charge >= 0.3 is 5.97 Å². The molecule has 0 radical (unpaired) electrons. The number of nitrogens with one attached hydrogen (secondary N) is 1. The number of ether oxygens (including phenoxy) is 1. The summed E-state index contributed by atoms with van der Waals surface area (Å²) < 4.78 is 4.84. The summed E-state index contributed by atoms with van der Waals surface area (Å²) in [7, 11) is 0. The first-order valence-electron chi connectivity index (χ1n) is 6.08. The third kappa shape index (κ3) is 4.95. The molecule has 0 aromatic heterocycles. The summed E-state index contributed by atoms with van der Waals surface area (Å²) in [6.45, 7) is 7.13. The van der Waals surface area contributed by atoms with Crippen LogP contribution >= 0.6 is 0 Å². The minimum absolute atomic E-state index is 0.281. The number of aryl methyl sites for hydroxylation is 2. The molecule has 0 saturated carbocycles. The number of hydrogen-bond donors (Lipinski definition) is 1. The van der Waals surface area contributed by atoms with Crippen LogP contribution < -0.4 is 5.32 Å². The highest BCUT2D eigenvalue weighted by atomic mass is 16.5. The Balaban J connectivity index is 2.57. The van der Waals surface area contributed by atoms with Gasteiger partial charge in [-0.15, -0.1) is 0 Å². The van der Waals surface area contributed by atoms with Gasteiger partial charge in [-0.3, -0.25) is 4.79 Å². The molecule has 0 saturated heterocycles. The van der Waals surface area contributed by atoms with Crippen molar-refractivity contribution in [2.45, 2.75) is 27.7 Å². The van der Waals surface area contributed by atoms with Gasteiger partial charge in [0.1, 0.15) is 0 Å². The predicted octanol–water partition coefficient (Wildman–Crippen LogP) is 2.75. The number of para-hydroxylation sites is 1. The van der Waals surface area contributed by atoms with Crippen LogP contribution in [0.2, 0.25) is 0 Å². The summed E-state index contributed by atoms with van der Waals surface area (Å²) >= 11 is 0. The molecule has 0 aliphatic rings. The Morgan fingerprint density at radius 2 is 1.79 bits per heavy atom. The van der Waals surface area contributed by atoms with E-state index in [9.17, 15) is 9.59 Å². The van der Waals surface area contributed by atoms with Crippen molar-refractivity contribution in [2.24, 2.45) is 0 Å². The standard InChI is InChI=1S/C15H19NO3/c1-10(2)8-14(18)19-9-13(17)16-15-11(3)6-5-7-12(15)4/h5-8H,9H2,1-4H3,(H,16,17). The predicted molar refractivity (Wildman–Crippen MR) is 74.9 cm³/mol. The van der Waals surface area contributed by atoms with Gasteiger partial charge in [-0.2, -0.15) is 0 Å². The molecule has 0 unspecified atom stereocenters. The van der Waals surface area contributed by atoms with Gasteiger partial charge in [-0.25, -0.2) is 4.79 Å². The van der Waals surface area contributed by atoms with Crippen LogP contribution in [0, 0.1) is 13.8 Å². The van der Waals surface area contributed by atoms with Gasteiger partial charge in [0.2, 0.25) is 0 Å². The summed E-state index contributed by atoms with van der Waals surface area (Å²) in [6.07, 6.45) is 1.35.